The summed E-state index contributed by atoms with van der Waals surface area (Å²) in [6, 6.07) is 26.1. The summed E-state index contributed by atoms with van der Waals surface area (Å²) in [5.41, 5.74) is 3.16. The van der Waals surface area contributed by atoms with Gasteiger partial charge in [-0.1, -0.05) is 48.5 Å². The maximum atomic E-state index is 5.85. The standard InChI is InChI=1S/C25H24N2O2/c1-28-24-15-8-5-10-20(24)16-17-25-26-22-13-6-7-14-23(22)27(25)18-9-19-29-21-11-3-2-4-12-21/h2-8,10-17H,9,18-19H2,1H3. The van der Waals surface area contributed by atoms with Crippen LogP contribution in [0.5, 0.6) is 11.5 Å². The molecule has 0 saturated carbocycles. The molecule has 0 aliphatic carbocycles. The van der Waals surface area contributed by atoms with Gasteiger partial charge in [0.1, 0.15) is 17.3 Å². The number of methoxy groups -OCH3 is 1. The molecule has 0 radical (unpaired) electrons. The first kappa shape index (κ1) is 18.8. The lowest BCUT2D eigenvalue weighted by atomic mass is 10.2. The van der Waals surface area contributed by atoms with Crippen LogP contribution in [0.4, 0.5) is 0 Å². The maximum absolute atomic E-state index is 5.85. The van der Waals surface area contributed by atoms with Gasteiger partial charge < -0.3 is 14.0 Å². The van der Waals surface area contributed by atoms with E-state index < -0.39 is 0 Å². The summed E-state index contributed by atoms with van der Waals surface area (Å²) in [6.45, 7) is 1.49. The Kier molecular flexibility index (Phi) is 5.91. The fraction of sp³-hybridized carbons (Fsp3) is 0.160. The summed E-state index contributed by atoms with van der Waals surface area (Å²) in [7, 11) is 1.69. The number of aryl methyl sites for hydroxylation is 1. The third-order valence-corrected chi connectivity index (χ3v) is 4.77. The average Bonchev–Trinajstić information content (AvgIpc) is 3.13. The van der Waals surface area contributed by atoms with Crippen LogP contribution in [0, 0.1) is 0 Å². The van der Waals surface area contributed by atoms with Crippen LogP contribution in [0.1, 0.15) is 17.8 Å². The van der Waals surface area contributed by atoms with E-state index in [1.54, 1.807) is 7.11 Å². The topological polar surface area (TPSA) is 36.3 Å². The molecule has 0 N–H and O–H groups in total. The molecule has 0 amide bonds. The third-order valence-electron chi connectivity index (χ3n) is 4.77. The number of rotatable bonds is 8. The monoisotopic (exact) mass is 384 g/mol. The Morgan fingerprint density at radius 2 is 1.62 bits per heavy atom. The first-order valence-corrected chi connectivity index (χ1v) is 9.79. The van der Waals surface area contributed by atoms with Gasteiger partial charge >= 0.3 is 0 Å². The van der Waals surface area contributed by atoms with E-state index in [9.17, 15) is 0 Å². The van der Waals surface area contributed by atoms with Crippen LogP contribution in [0.25, 0.3) is 23.2 Å². The van der Waals surface area contributed by atoms with Crippen LogP contribution in [0.15, 0.2) is 78.9 Å². The molecular weight excluding hydrogens is 360 g/mol. The largest absolute Gasteiger partial charge is 0.496 e. The van der Waals surface area contributed by atoms with Crippen molar-refractivity contribution >= 4 is 23.2 Å². The predicted octanol–water partition coefficient (Wildman–Crippen LogP) is 5.68. The van der Waals surface area contributed by atoms with Gasteiger partial charge in [-0.05, 0) is 48.9 Å². The second-order valence-electron chi connectivity index (χ2n) is 6.70. The first-order chi connectivity index (χ1) is 14.3. The first-order valence-electron chi connectivity index (χ1n) is 9.79. The van der Waals surface area contributed by atoms with Crippen molar-refractivity contribution in [1.29, 1.82) is 0 Å². The number of ether oxygens (including phenoxy) is 2. The SMILES string of the molecule is COc1ccccc1C=Cc1nc2ccccc2n1CCCOc1ccccc1. The average molecular weight is 384 g/mol. The zero-order valence-electron chi connectivity index (χ0n) is 16.5. The Bertz CT molecular complexity index is 1100. The van der Waals surface area contributed by atoms with Gasteiger partial charge in [-0.25, -0.2) is 4.98 Å². The zero-order chi connectivity index (χ0) is 19.9. The van der Waals surface area contributed by atoms with Crippen LogP contribution in [-0.2, 0) is 6.54 Å². The Balaban J connectivity index is 1.53. The lowest BCUT2D eigenvalue weighted by Gasteiger charge is -2.09. The minimum Gasteiger partial charge on any atom is -0.496 e. The molecule has 1 heterocycles. The van der Waals surface area contributed by atoms with Crippen LogP contribution in [-0.4, -0.2) is 23.3 Å². The van der Waals surface area contributed by atoms with Gasteiger partial charge in [0.15, 0.2) is 0 Å². The molecule has 29 heavy (non-hydrogen) atoms. The minimum atomic E-state index is 0.659. The smallest absolute Gasteiger partial charge is 0.133 e. The highest BCUT2D eigenvalue weighted by Crippen LogP contribution is 2.22. The molecule has 0 fully saturated rings. The van der Waals surface area contributed by atoms with Gasteiger partial charge in [0.2, 0.25) is 0 Å². The Morgan fingerprint density at radius 3 is 2.48 bits per heavy atom. The number of para-hydroxylation sites is 4. The molecular formula is C25H24N2O2. The van der Waals surface area contributed by atoms with E-state index in [2.05, 4.69) is 28.9 Å². The highest BCUT2D eigenvalue weighted by Gasteiger charge is 2.08. The van der Waals surface area contributed by atoms with E-state index in [1.807, 2.05) is 66.7 Å². The van der Waals surface area contributed by atoms with Gasteiger partial charge in [-0.3, -0.25) is 0 Å². The quantitative estimate of drug-likeness (QED) is 0.367. The maximum Gasteiger partial charge on any atom is 0.133 e. The molecule has 0 spiro atoms. The Morgan fingerprint density at radius 1 is 0.862 bits per heavy atom. The van der Waals surface area contributed by atoms with Gasteiger partial charge in [0.05, 0.1) is 24.8 Å². The summed E-state index contributed by atoms with van der Waals surface area (Å²) in [6.07, 6.45) is 5.00. The van der Waals surface area contributed by atoms with Crippen LogP contribution < -0.4 is 9.47 Å². The van der Waals surface area contributed by atoms with Crippen molar-refractivity contribution in [1.82, 2.24) is 9.55 Å². The van der Waals surface area contributed by atoms with E-state index in [0.717, 1.165) is 46.9 Å². The molecule has 4 rings (SSSR count). The molecule has 0 unspecified atom stereocenters. The molecule has 1 aromatic heterocycles. The van der Waals surface area contributed by atoms with Crippen LogP contribution >= 0.6 is 0 Å². The number of aromatic nitrogens is 2. The van der Waals surface area contributed by atoms with Crippen molar-refractivity contribution in [2.24, 2.45) is 0 Å². The van der Waals surface area contributed by atoms with E-state index in [4.69, 9.17) is 14.5 Å². The molecule has 0 aliphatic heterocycles. The summed E-state index contributed by atoms with van der Waals surface area (Å²) in [4.78, 5) is 4.81. The molecule has 4 nitrogen and oxygen atoms in total. The molecule has 0 aliphatic rings. The van der Waals surface area contributed by atoms with Crippen molar-refractivity contribution in [2.45, 2.75) is 13.0 Å². The summed E-state index contributed by atoms with van der Waals surface area (Å²) in [5, 5.41) is 0. The van der Waals surface area contributed by atoms with E-state index >= 15 is 0 Å². The van der Waals surface area contributed by atoms with Crippen molar-refractivity contribution in [2.75, 3.05) is 13.7 Å². The van der Waals surface area contributed by atoms with Crippen molar-refractivity contribution in [3.05, 3.63) is 90.3 Å². The summed E-state index contributed by atoms with van der Waals surface area (Å²) in [5.74, 6) is 2.68. The normalized spacial score (nSPS) is 11.2. The number of nitrogens with zero attached hydrogens (tertiary/aromatic N) is 2. The predicted molar refractivity (Wildman–Crippen MR) is 118 cm³/mol. The van der Waals surface area contributed by atoms with Crippen LogP contribution in [0.3, 0.4) is 0 Å². The molecule has 4 heteroatoms. The second-order valence-corrected chi connectivity index (χ2v) is 6.70. The second kappa shape index (κ2) is 9.11. The van der Waals surface area contributed by atoms with Crippen molar-refractivity contribution in [3.63, 3.8) is 0 Å². The highest BCUT2D eigenvalue weighted by atomic mass is 16.5. The number of benzene rings is 3. The van der Waals surface area contributed by atoms with Gasteiger partial charge in [-0.2, -0.15) is 0 Å². The fourth-order valence-electron chi connectivity index (χ4n) is 3.35. The Hall–Kier alpha value is -3.53. The van der Waals surface area contributed by atoms with Crippen molar-refractivity contribution < 1.29 is 9.47 Å². The lowest BCUT2D eigenvalue weighted by Crippen LogP contribution is -2.06. The molecule has 0 atom stereocenters. The Labute approximate surface area is 171 Å². The van der Waals surface area contributed by atoms with Crippen LogP contribution in [0.2, 0.25) is 0 Å². The van der Waals surface area contributed by atoms with E-state index in [-0.39, 0.29) is 0 Å². The fourth-order valence-corrected chi connectivity index (χ4v) is 3.35. The van der Waals surface area contributed by atoms with E-state index in [0.29, 0.717) is 6.61 Å². The van der Waals surface area contributed by atoms with E-state index in [1.165, 1.54) is 0 Å². The highest BCUT2D eigenvalue weighted by molar-refractivity contribution is 5.80. The zero-order valence-corrected chi connectivity index (χ0v) is 16.5. The van der Waals surface area contributed by atoms with Gasteiger partial charge in [0, 0.05) is 12.1 Å². The van der Waals surface area contributed by atoms with Gasteiger partial charge in [0.25, 0.3) is 0 Å². The van der Waals surface area contributed by atoms with Crippen molar-refractivity contribution in [3.8, 4) is 11.5 Å². The van der Waals surface area contributed by atoms with Gasteiger partial charge in [-0.15, -0.1) is 0 Å². The molecule has 0 saturated heterocycles. The molecule has 3 aromatic carbocycles. The molecule has 146 valence electrons. The number of hydrogen-bond donors (Lipinski definition) is 0. The third kappa shape index (κ3) is 4.49. The molecule has 0 bridgehead atoms. The minimum absolute atomic E-state index is 0.659. The number of imidazole rings is 1. The number of fused-ring (bicyclic) bond motifs is 1. The summed E-state index contributed by atoms with van der Waals surface area (Å²) >= 11 is 0. The lowest BCUT2D eigenvalue weighted by molar-refractivity contribution is 0.302. The summed E-state index contributed by atoms with van der Waals surface area (Å²) < 4.78 is 13.5. The number of hydrogen-bond acceptors (Lipinski definition) is 3. The molecule has 4 aromatic rings.